The van der Waals surface area contributed by atoms with Gasteiger partial charge in [-0.3, -0.25) is 4.79 Å². The van der Waals surface area contributed by atoms with E-state index in [0.717, 1.165) is 16.9 Å². The minimum Gasteiger partial charge on any atom is -0.496 e. The predicted molar refractivity (Wildman–Crippen MR) is 90.9 cm³/mol. The molecule has 0 fully saturated rings. The molecule has 0 bridgehead atoms. The number of rotatable bonds is 6. The van der Waals surface area contributed by atoms with Crippen molar-refractivity contribution in [1.82, 2.24) is 0 Å². The van der Waals surface area contributed by atoms with Gasteiger partial charge in [-0.15, -0.1) is 0 Å². The molecule has 1 rings (SSSR count). The van der Waals surface area contributed by atoms with Crippen molar-refractivity contribution in [1.29, 1.82) is 0 Å². The summed E-state index contributed by atoms with van der Waals surface area (Å²) in [4.78, 5) is 10.9. The van der Waals surface area contributed by atoms with Crippen LogP contribution in [-0.4, -0.2) is 18.2 Å². The zero-order valence-corrected chi connectivity index (χ0v) is 15.0. The lowest BCUT2D eigenvalue weighted by atomic mass is 9.80. The van der Waals surface area contributed by atoms with Gasteiger partial charge < -0.3 is 9.84 Å². The van der Waals surface area contributed by atoms with Gasteiger partial charge in [-0.25, -0.2) is 0 Å². The first-order valence-electron chi connectivity index (χ1n) is 8.01. The van der Waals surface area contributed by atoms with Crippen molar-refractivity contribution in [2.24, 2.45) is 5.92 Å². The Hall–Kier alpha value is -1.51. The average molecular weight is 306 g/mol. The van der Waals surface area contributed by atoms with Crippen LogP contribution in [0.25, 0.3) is 0 Å². The SMILES string of the molecule is COc1c(C(C)C(C)C)cc(CCC(=O)O)cc1C(C)(C)C. The van der Waals surface area contributed by atoms with Crippen molar-refractivity contribution in [3.63, 3.8) is 0 Å². The summed E-state index contributed by atoms with van der Waals surface area (Å²) < 4.78 is 5.74. The Labute approximate surface area is 134 Å². The van der Waals surface area contributed by atoms with Gasteiger partial charge in [0.1, 0.15) is 5.75 Å². The van der Waals surface area contributed by atoms with Crippen molar-refractivity contribution in [2.75, 3.05) is 7.11 Å². The molecule has 124 valence electrons. The Bertz CT molecular complexity index is 524. The van der Waals surface area contributed by atoms with Crippen LogP contribution in [0.3, 0.4) is 0 Å². The molecule has 0 aliphatic rings. The van der Waals surface area contributed by atoms with Gasteiger partial charge in [0, 0.05) is 12.0 Å². The maximum absolute atomic E-state index is 10.9. The summed E-state index contributed by atoms with van der Waals surface area (Å²) >= 11 is 0. The number of ether oxygens (including phenoxy) is 1. The van der Waals surface area contributed by atoms with E-state index in [1.807, 2.05) is 0 Å². The molecule has 0 saturated heterocycles. The number of aliphatic carboxylic acids is 1. The van der Waals surface area contributed by atoms with Crippen LogP contribution in [-0.2, 0) is 16.6 Å². The molecule has 0 aromatic heterocycles. The number of benzene rings is 1. The number of hydrogen-bond donors (Lipinski definition) is 1. The molecule has 1 unspecified atom stereocenters. The summed E-state index contributed by atoms with van der Waals surface area (Å²) in [5, 5.41) is 8.95. The molecule has 0 amide bonds. The first-order valence-corrected chi connectivity index (χ1v) is 8.01. The van der Waals surface area contributed by atoms with E-state index in [1.54, 1.807) is 7.11 Å². The monoisotopic (exact) mass is 306 g/mol. The van der Waals surface area contributed by atoms with E-state index < -0.39 is 5.97 Å². The fraction of sp³-hybridized carbons (Fsp3) is 0.632. The minimum absolute atomic E-state index is 0.0456. The maximum atomic E-state index is 10.9. The fourth-order valence-corrected chi connectivity index (χ4v) is 2.59. The van der Waals surface area contributed by atoms with Crippen molar-refractivity contribution in [3.8, 4) is 5.75 Å². The molecule has 3 nitrogen and oxygen atoms in total. The molecule has 0 aliphatic carbocycles. The second kappa shape index (κ2) is 7.17. The van der Waals surface area contributed by atoms with E-state index in [2.05, 4.69) is 53.7 Å². The molecular weight excluding hydrogens is 276 g/mol. The zero-order chi connectivity index (χ0) is 17.1. The molecule has 1 atom stereocenters. The Balaban J connectivity index is 3.44. The van der Waals surface area contributed by atoms with Crippen LogP contribution >= 0.6 is 0 Å². The van der Waals surface area contributed by atoms with Crippen LogP contribution in [0.5, 0.6) is 5.75 Å². The number of carbonyl (C=O) groups is 1. The van der Waals surface area contributed by atoms with Crippen LogP contribution in [0, 0.1) is 5.92 Å². The van der Waals surface area contributed by atoms with Crippen molar-refractivity contribution >= 4 is 5.97 Å². The van der Waals surface area contributed by atoms with Gasteiger partial charge in [0.15, 0.2) is 0 Å². The summed E-state index contributed by atoms with van der Waals surface area (Å²) in [6.07, 6.45) is 0.714. The molecule has 0 aliphatic heterocycles. The Morgan fingerprint density at radius 1 is 1.23 bits per heavy atom. The van der Waals surface area contributed by atoms with E-state index in [0.29, 0.717) is 18.3 Å². The Morgan fingerprint density at radius 2 is 1.82 bits per heavy atom. The van der Waals surface area contributed by atoms with Crippen LogP contribution in [0.15, 0.2) is 12.1 Å². The summed E-state index contributed by atoms with van der Waals surface area (Å²) in [5.74, 6) is 1.05. The quantitative estimate of drug-likeness (QED) is 0.823. The smallest absolute Gasteiger partial charge is 0.303 e. The molecule has 1 aromatic carbocycles. The topological polar surface area (TPSA) is 46.5 Å². The second-order valence-electron chi connectivity index (χ2n) is 7.44. The van der Waals surface area contributed by atoms with Gasteiger partial charge in [0.25, 0.3) is 0 Å². The highest BCUT2D eigenvalue weighted by Gasteiger charge is 2.25. The summed E-state index contributed by atoms with van der Waals surface area (Å²) in [7, 11) is 1.72. The first kappa shape index (κ1) is 18.5. The lowest BCUT2D eigenvalue weighted by Crippen LogP contribution is -2.16. The van der Waals surface area contributed by atoms with E-state index >= 15 is 0 Å². The van der Waals surface area contributed by atoms with Gasteiger partial charge in [-0.2, -0.15) is 0 Å². The van der Waals surface area contributed by atoms with Gasteiger partial charge in [0.05, 0.1) is 7.11 Å². The van der Waals surface area contributed by atoms with Gasteiger partial charge in [-0.1, -0.05) is 53.7 Å². The highest BCUT2D eigenvalue weighted by atomic mass is 16.5. The minimum atomic E-state index is -0.758. The van der Waals surface area contributed by atoms with Gasteiger partial charge in [0.2, 0.25) is 0 Å². The second-order valence-corrected chi connectivity index (χ2v) is 7.44. The third-order valence-electron chi connectivity index (χ3n) is 4.31. The summed E-state index contributed by atoms with van der Waals surface area (Å²) in [6.45, 7) is 13.1. The number of carboxylic acid groups (broad SMARTS) is 1. The summed E-state index contributed by atoms with van der Waals surface area (Å²) in [5.41, 5.74) is 3.37. The number of carboxylic acids is 1. The fourth-order valence-electron chi connectivity index (χ4n) is 2.59. The number of aryl methyl sites for hydroxylation is 1. The number of hydrogen-bond acceptors (Lipinski definition) is 2. The lowest BCUT2D eigenvalue weighted by molar-refractivity contribution is -0.136. The van der Waals surface area contributed by atoms with E-state index in [4.69, 9.17) is 9.84 Å². The van der Waals surface area contributed by atoms with Crippen LogP contribution < -0.4 is 4.74 Å². The van der Waals surface area contributed by atoms with Crippen LogP contribution in [0.1, 0.15) is 70.6 Å². The number of methoxy groups -OCH3 is 1. The van der Waals surface area contributed by atoms with E-state index in [-0.39, 0.29) is 11.8 Å². The molecule has 0 radical (unpaired) electrons. The van der Waals surface area contributed by atoms with E-state index in [9.17, 15) is 4.79 Å². The average Bonchev–Trinajstić information content (AvgIpc) is 2.41. The molecule has 1 N–H and O–H groups in total. The zero-order valence-electron chi connectivity index (χ0n) is 15.0. The Morgan fingerprint density at radius 3 is 2.23 bits per heavy atom. The highest BCUT2D eigenvalue weighted by Crippen LogP contribution is 2.40. The molecule has 22 heavy (non-hydrogen) atoms. The molecule has 1 aromatic rings. The molecule has 0 saturated carbocycles. The van der Waals surface area contributed by atoms with Crippen LogP contribution in [0.4, 0.5) is 0 Å². The van der Waals surface area contributed by atoms with Crippen LogP contribution in [0.2, 0.25) is 0 Å². The van der Waals surface area contributed by atoms with Crippen molar-refractivity contribution in [3.05, 3.63) is 28.8 Å². The van der Waals surface area contributed by atoms with Gasteiger partial charge >= 0.3 is 5.97 Å². The largest absolute Gasteiger partial charge is 0.496 e. The molecule has 3 heteroatoms. The maximum Gasteiger partial charge on any atom is 0.303 e. The van der Waals surface area contributed by atoms with Crippen molar-refractivity contribution in [2.45, 2.75) is 65.7 Å². The molecule has 0 heterocycles. The van der Waals surface area contributed by atoms with Gasteiger partial charge in [-0.05, 0) is 34.8 Å². The Kier molecular flexibility index (Phi) is 6.04. The summed E-state index contributed by atoms with van der Waals surface area (Å²) in [6, 6.07) is 4.24. The highest BCUT2D eigenvalue weighted by molar-refractivity contribution is 5.67. The third kappa shape index (κ3) is 4.49. The normalized spacial score (nSPS) is 13.3. The first-order chi connectivity index (χ1) is 10.1. The molecule has 0 spiro atoms. The lowest BCUT2D eigenvalue weighted by Gasteiger charge is -2.28. The third-order valence-corrected chi connectivity index (χ3v) is 4.31. The standard InChI is InChI=1S/C19H30O3/c1-12(2)13(3)15-10-14(8-9-17(20)21)11-16(18(15)22-7)19(4,5)6/h10-13H,8-9H2,1-7H3,(H,20,21). The van der Waals surface area contributed by atoms with E-state index in [1.165, 1.54) is 5.56 Å². The van der Waals surface area contributed by atoms with Crippen molar-refractivity contribution < 1.29 is 14.6 Å². The predicted octanol–water partition coefficient (Wildman–Crippen LogP) is 4.77. The molecular formula is C19H30O3.